The number of carbonyl (C=O) groups excluding carboxylic acids is 2. The summed E-state index contributed by atoms with van der Waals surface area (Å²) < 4.78 is 33.3. The lowest BCUT2D eigenvalue weighted by molar-refractivity contribution is 0.0973. The van der Waals surface area contributed by atoms with Crippen molar-refractivity contribution in [2.24, 2.45) is 5.73 Å². The monoisotopic (exact) mass is 515 g/mol. The van der Waals surface area contributed by atoms with Crippen molar-refractivity contribution in [1.29, 1.82) is 0 Å². The molecule has 3 rings (SSSR count). The molecular formula is C20H30ClN7O5S. The molecule has 0 saturated carbocycles. The maximum atomic E-state index is 13.2. The van der Waals surface area contributed by atoms with Crippen molar-refractivity contribution in [2.75, 3.05) is 44.6 Å². The number of rotatable bonds is 9. The third-order valence-electron chi connectivity index (χ3n) is 5.43. The number of amides is 2. The van der Waals surface area contributed by atoms with E-state index in [1.165, 1.54) is 16.6 Å². The van der Waals surface area contributed by atoms with Gasteiger partial charge >= 0.3 is 0 Å². The van der Waals surface area contributed by atoms with Gasteiger partial charge in [-0.05, 0) is 26.0 Å². The Morgan fingerprint density at radius 2 is 1.88 bits per heavy atom. The number of anilines is 1. The third-order valence-corrected chi connectivity index (χ3v) is 7.29. The van der Waals surface area contributed by atoms with Crippen LogP contribution in [0, 0.1) is 0 Å². The van der Waals surface area contributed by atoms with Gasteiger partial charge in [0.1, 0.15) is 10.6 Å². The molecule has 14 heteroatoms. The van der Waals surface area contributed by atoms with Crippen LogP contribution >= 0.6 is 12.4 Å². The number of pyridine rings is 1. The number of H-pyrrole nitrogens is 1. The second kappa shape index (κ2) is 11.6. The Labute approximate surface area is 204 Å². The van der Waals surface area contributed by atoms with Gasteiger partial charge in [0.15, 0.2) is 5.69 Å². The molecule has 0 aromatic carbocycles. The van der Waals surface area contributed by atoms with Crippen LogP contribution in [0.5, 0.6) is 5.88 Å². The molecule has 0 atom stereocenters. The molecule has 2 aromatic rings. The molecule has 188 valence electrons. The topological polar surface area (TPSA) is 164 Å². The number of sulfonamides is 1. The van der Waals surface area contributed by atoms with E-state index >= 15 is 0 Å². The first-order valence-electron chi connectivity index (χ1n) is 10.8. The SMILES string of the molecule is CCOc1ncc(S(=O)(=O)N2CCN(CC)CC2)cc1NC(=O)c1c(C(N)=O)n[nH]c1CC.Cl. The van der Waals surface area contributed by atoms with Gasteiger partial charge in [-0.3, -0.25) is 14.7 Å². The van der Waals surface area contributed by atoms with E-state index in [0.29, 0.717) is 38.3 Å². The van der Waals surface area contributed by atoms with Crippen LogP contribution in [0.3, 0.4) is 0 Å². The van der Waals surface area contributed by atoms with Crippen LogP contribution in [-0.4, -0.2) is 83.9 Å². The van der Waals surface area contributed by atoms with Gasteiger partial charge < -0.3 is 20.7 Å². The number of nitrogens with zero attached hydrogens (tertiary/aromatic N) is 4. The summed E-state index contributed by atoms with van der Waals surface area (Å²) >= 11 is 0. The quantitative estimate of drug-likeness (QED) is 0.442. The molecule has 34 heavy (non-hydrogen) atoms. The first-order chi connectivity index (χ1) is 15.7. The molecule has 0 aliphatic carbocycles. The fraction of sp³-hybridized carbons (Fsp3) is 0.500. The average Bonchev–Trinajstić information content (AvgIpc) is 3.25. The van der Waals surface area contributed by atoms with E-state index in [4.69, 9.17) is 10.5 Å². The van der Waals surface area contributed by atoms with Crippen molar-refractivity contribution in [1.82, 2.24) is 24.4 Å². The largest absolute Gasteiger partial charge is 0.476 e. The fourth-order valence-corrected chi connectivity index (χ4v) is 4.99. The number of carbonyl (C=O) groups is 2. The van der Waals surface area contributed by atoms with Crippen LogP contribution in [-0.2, 0) is 16.4 Å². The smallest absolute Gasteiger partial charge is 0.270 e. The number of hydrogen-bond acceptors (Lipinski definition) is 8. The standard InChI is InChI=1S/C20H29N7O5S.ClH/c1-4-14-16(17(18(21)28)25-24-14)19(29)23-15-11-13(12-22-20(15)32-6-3)33(30,31)27-9-7-26(5-2)8-10-27;/h11-12H,4-10H2,1-3H3,(H2,21,28)(H,23,29)(H,24,25);1H. The molecule has 1 aliphatic rings. The lowest BCUT2D eigenvalue weighted by Gasteiger charge is -2.33. The number of hydrogen-bond donors (Lipinski definition) is 3. The number of nitrogens with one attached hydrogen (secondary N) is 2. The summed E-state index contributed by atoms with van der Waals surface area (Å²) in [4.78, 5) is 31.0. The molecule has 0 spiro atoms. The number of primary amides is 1. The Kier molecular flexibility index (Phi) is 9.38. The molecule has 1 aliphatic heterocycles. The fourth-order valence-electron chi connectivity index (χ4n) is 3.59. The van der Waals surface area contributed by atoms with E-state index < -0.39 is 21.8 Å². The Balaban J connectivity index is 0.00000408. The molecule has 0 radical (unpaired) electrons. The van der Waals surface area contributed by atoms with Gasteiger partial charge in [-0.2, -0.15) is 9.40 Å². The molecule has 2 amide bonds. The number of aryl methyl sites for hydroxylation is 1. The summed E-state index contributed by atoms with van der Waals surface area (Å²) in [5.74, 6) is -1.48. The Morgan fingerprint density at radius 3 is 2.44 bits per heavy atom. The number of piperazine rings is 1. The lowest BCUT2D eigenvalue weighted by atomic mass is 10.1. The van der Waals surface area contributed by atoms with Crippen LogP contribution in [0.25, 0.3) is 0 Å². The number of aromatic nitrogens is 3. The second-order valence-corrected chi connectivity index (χ2v) is 9.33. The van der Waals surface area contributed by atoms with Gasteiger partial charge in [0.2, 0.25) is 15.9 Å². The zero-order chi connectivity index (χ0) is 24.2. The van der Waals surface area contributed by atoms with E-state index in [2.05, 4.69) is 25.4 Å². The molecular weight excluding hydrogens is 486 g/mol. The number of aromatic amines is 1. The summed E-state index contributed by atoms with van der Waals surface area (Å²) in [5.41, 5.74) is 5.63. The number of likely N-dealkylation sites (N-methyl/N-ethyl adjacent to an activating group) is 1. The predicted octanol–water partition coefficient (Wildman–Crippen LogP) is 0.865. The molecule has 2 aromatic heterocycles. The summed E-state index contributed by atoms with van der Waals surface area (Å²) in [6, 6.07) is 1.31. The van der Waals surface area contributed by atoms with Crippen molar-refractivity contribution in [2.45, 2.75) is 32.1 Å². The highest BCUT2D eigenvalue weighted by Gasteiger charge is 2.30. The summed E-state index contributed by atoms with van der Waals surface area (Å²) in [6.45, 7) is 8.66. The molecule has 3 heterocycles. The zero-order valence-corrected chi connectivity index (χ0v) is 21.0. The van der Waals surface area contributed by atoms with Gasteiger partial charge in [-0.25, -0.2) is 13.4 Å². The Morgan fingerprint density at radius 1 is 1.21 bits per heavy atom. The van der Waals surface area contributed by atoms with Crippen molar-refractivity contribution in [3.8, 4) is 5.88 Å². The first kappa shape index (κ1) is 27.5. The van der Waals surface area contributed by atoms with Gasteiger partial charge in [0.05, 0.1) is 18.4 Å². The van der Waals surface area contributed by atoms with Crippen molar-refractivity contribution >= 4 is 39.9 Å². The Hall–Kier alpha value is -2.74. The molecule has 1 saturated heterocycles. The minimum absolute atomic E-state index is 0. The van der Waals surface area contributed by atoms with E-state index in [1.54, 1.807) is 13.8 Å². The van der Waals surface area contributed by atoms with Gasteiger partial charge in [0, 0.05) is 31.9 Å². The molecule has 0 unspecified atom stereocenters. The maximum absolute atomic E-state index is 13.2. The van der Waals surface area contributed by atoms with Crippen LogP contribution in [0.1, 0.15) is 47.3 Å². The highest BCUT2D eigenvalue weighted by molar-refractivity contribution is 7.89. The van der Waals surface area contributed by atoms with Crippen LogP contribution in [0.2, 0.25) is 0 Å². The van der Waals surface area contributed by atoms with Crippen molar-refractivity contribution < 1.29 is 22.7 Å². The minimum Gasteiger partial charge on any atom is -0.476 e. The van der Waals surface area contributed by atoms with E-state index in [1.807, 2.05) is 6.92 Å². The van der Waals surface area contributed by atoms with Crippen LogP contribution in [0.4, 0.5) is 5.69 Å². The maximum Gasteiger partial charge on any atom is 0.270 e. The Bertz CT molecular complexity index is 1130. The summed E-state index contributed by atoms with van der Waals surface area (Å²) in [6.07, 6.45) is 1.62. The molecule has 12 nitrogen and oxygen atoms in total. The number of halogens is 1. The van der Waals surface area contributed by atoms with Crippen LogP contribution in [0.15, 0.2) is 17.2 Å². The lowest BCUT2D eigenvalue weighted by Crippen LogP contribution is -2.48. The summed E-state index contributed by atoms with van der Waals surface area (Å²) in [7, 11) is -3.83. The van der Waals surface area contributed by atoms with E-state index in [-0.39, 0.29) is 46.7 Å². The summed E-state index contributed by atoms with van der Waals surface area (Å²) in [5, 5.41) is 9.07. The van der Waals surface area contributed by atoms with Crippen molar-refractivity contribution in [3.05, 3.63) is 29.2 Å². The highest BCUT2D eigenvalue weighted by atomic mass is 35.5. The van der Waals surface area contributed by atoms with Gasteiger partial charge in [0.25, 0.3) is 11.8 Å². The van der Waals surface area contributed by atoms with E-state index in [0.717, 1.165) is 6.54 Å². The number of ether oxygens (including phenoxy) is 1. The first-order valence-corrected chi connectivity index (χ1v) is 12.2. The van der Waals surface area contributed by atoms with E-state index in [9.17, 15) is 18.0 Å². The van der Waals surface area contributed by atoms with Crippen LogP contribution < -0.4 is 15.8 Å². The minimum atomic E-state index is -3.83. The molecule has 0 bridgehead atoms. The zero-order valence-electron chi connectivity index (χ0n) is 19.3. The molecule has 4 N–H and O–H groups in total. The van der Waals surface area contributed by atoms with Crippen molar-refractivity contribution in [3.63, 3.8) is 0 Å². The van der Waals surface area contributed by atoms with Gasteiger partial charge in [-0.15, -0.1) is 12.4 Å². The van der Waals surface area contributed by atoms with Gasteiger partial charge in [-0.1, -0.05) is 13.8 Å². The second-order valence-electron chi connectivity index (χ2n) is 7.39. The predicted molar refractivity (Wildman–Crippen MR) is 128 cm³/mol. The molecule has 1 fully saturated rings. The third kappa shape index (κ3) is 5.66. The highest BCUT2D eigenvalue weighted by Crippen LogP contribution is 2.28. The average molecular weight is 516 g/mol. The number of nitrogens with two attached hydrogens (primary N) is 1. The normalized spacial score (nSPS) is 14.9.